The van der Waals surface area contributed by atoms with Crippen LogP contribution in [0.3, 0.4) is 0 Å². The van der Waals surface area contributed by atoms with Crippen LogP contribution in [0, 0.1) is 0 Å². The third-order valence-corrected chi connectivity index (χ3v) is 4.12. The van der Waals surface area contributed by atoms with Gasteiger partial charge in [0.2, 0.25) is 0 Å². The predicted octanol–water partition coefficient (Wildman–Crippen LogP) is 2.33. The first-order valence-corrected chi connectivity index (χ1v) is 6.44. The van der Waals surface area contributed by atoms with Crippen LogP contribution in [0.5, 0.6) is 0 Å². The largest absolute Gasteiger partial charge is 0.311 e. The second-order valence-electron chi connectivity index (χ2n) is 3.06. The zero-order valence-corrected chi connectivity index (χ0v) is 10.2. The molecule has 0 fully saturated rings. The van der Waals surface area contributed by atoms with Crippen molar-refractivity contribution in [1.82, 2.24) is 20.5 Å². The predicted molar refractivity (Wildman–Crippen MR) is 63.1 cm³/mol. The van der Waals surface area contributed by atoms with Crippen LogP contribution in [0.25, 0.3) is 9.88 Å². The maximum Gasteiger partial charge on any atom is 0.159 e. The molecule has 0 aliphatic rings. The van der Waals surface area contributed by atoms with E-state index in [0.717, 1.165) is 21.3 Å². The average Bonchev–Trinajstić information content (AvgIpc) is 2.89. The van der Waals surface area contributed by atoms with Gasteiger partial charge < -0.3 is 5.32 Å². The first kappa shape index (κ1) is 10.7. The monoisotopic (exact) mass is 240 g/mol. The van der Waals surface area contributed by atoms with E-state index in [1.165, 1.54) is 0 Å². The van der Waals surface area contributed by atoms with Crippen LogP contribution >= 0.6 is 22.7 Å². The summed E-state index contributed by atoms with van der Waals surface area (Å²) in [5.41, 5.74) is 1.81. The van der Waals surface area contributed by atoms with Gasteiger partial charge in [0, 0.05) is 6.20 Å². The molecule has 1 N–H and O–H groups in total. The van der Waals surface area contributed by atoms with E-state index >= 15 is 0 Å². The molecule has 0 aliphatic carbocycles. The molecular weight excluding hydrogens is 228 g/mol. The molecule has 2 heterocycles. The second-order valence-corrected chi connectivity index (χ2v) is 4.96. The van der Waals surface area contributed by atoms with Crippen molar-refractivity contribution in [3.63, 3.8) is 0 Å². The lowest BCUT2D eigenvalue weighted by Gasteiger charge is -2.07. The Kier molecular flexibility index (Phi) is 3.40. The van der Waals surface area contributed by atoms with E-state index in [0.29, 0.717) is 6.04 Å². The van der Waals surface area contributed by atoms with Crippen molar-refractivity contribution < 1.29 is 0 Å². The Morgan fingerprint density at radius 2 is 2.33 bits per heavy atom. The molecule has 0 spiro atoms. The molecule has 0 bridgehead atoms. The lowest BCUT2D eigenvalue weighted by atomic mass is 10.2. The van der Waals surface area contributed by atoms with Crippen molar-refractivity contribution in [2.75, 3.05) is 7.05 Å². The second kappa shape index (κ2) is 4.78. The van der Waals surface area contributed by atoms with E-state index in [1.807, 2.05) is 18.8 Å². The number of thiazole rings is 1. The fourth-order valence-electron chi connectivity index (χ4n) is 1.30. The Morgan fingerprint density at radius 1 is 1.47 bits per heavy atom. The van der Waals surface area contributed by atoms with E-state index in [2.05, 4.69) is 27.4 Å². The number of nitrogens with zero attached hydrogens (tertiary/aromatic N) is 3. The van der Waals surface area contributed by atoms with Crippen molar-refractivity contribution in [1.29, 1.82) is 0 Å². The van der Waals surface area contributed by atoms with Gasteiger partial charge in [-0.15, -0.1) is 21.5 Å². The molecule has 2 aromatic rings. The van der Waals surface area contributed by atoms with Gasteiger partial charge in [-0.2, -0.15) is 0 Å². The van der Waals surface area contributed by atoms with Crippen molar-refractivity contribution in [3.05, 3.63) is 16.7 Å². The SMILES string of the molecule is CCC(NC)c1nnc(-c2cncs2)s1. The molecule has 0 saturated heterocycles. The standard InChI is InChI=1S/C9H12N4S2/c1-3-6(10-2)8-12-13-9(15-8)7-4-11-5-14-7/h4-6,10H,3H2,1-2H3. The molecule has 4 nitrogen and oxygen atoms in total. The summed E-state index contributed by atoms with van der Waals surface area (Å²) in [7, 11) is 1.95. The number of aromatic nitrogens is 3. The maximum atomic E-state index is 4.20. The molecular formula is C9H12N4S2. The van der Waals surface area contributed by atoms with Crippen LogP contribution < -0.4 is 5.32 Å². The average molecular weight is 240 g/mol. The summed E-state index contributed by atoms with van der Waals surface area (Å²) in [6.07, 6.45) is 2.85. The minimum atomic E-state index is 0.309. The van der Waals surface area contributed by atoms with Crippen LogP contribution in [0.4, 0.5) is 0 Å². The van der Waals surface area contributed by atoms with Gasteiger partial charge in [0.05, 0.1) is 16.4 Å². The Bertz CT molecular complexity index is 405. The number of hydrogen-bond acceptors (Lipinski definition) is 6. The molecule has 80 valence electrons. The zero-order chi connectivity index (χ0) is 10.7. The number of rotatable bonds is 4. The maximum absolute atomic E-state index is 4.20. The first-order valence-electron chi connectivity index (χ1n) is 4.74. The van der Waals surface area contributed by atoms with Gasteiger partial charge in [0.1, 0.15) is 5.01 Å². The van der Waals surface area contributed by atoms with Crippen LogP contribution in [0.2, 0.25) is 0 Å². The van der Waals surface area contributed by atoms with Gasteiger partial charge >= 0.3 is 0 Å². The Balaban J connectivity index is 2.24. The van der Waals surface area contributed by atoms with Gasteiger partial charge in [0.25, 0.3) is 0 Å². The summed E-state index contributed by atoms with van der Waals surface area (Å²) >= 11 is 3.23. The smallest absolute Gasteiger partial charge is 0.159 e. The van der Waals surface area contributed by atoms with Crippen molar-refractivity contribution >= 4 is 22.7 Å². The van der Waals surface area contributed by atoms with E-state index in [9.17, 15) is 0 Å². The van der Waals surface area contributed by atoms with E-state index in [4.69, 9.17) is 0 Å². The summed E-state index contributed by atoms with van der Waals surface area (Å²) in [5, 5.41) is 13.6. The normalized spacial score (nSPS) is 12.9. The lowest BCUT2D eigenvalue weighted by Crippen LogP contribution is -2.14. The van der Waals surface area contributed by atoms with E-state index < -0.39 is 0 Å². The van der Waals surface area contributed by atoms with Gasteiger partial charge in [0.15, 0.2) is 5.01 Å². The van der Waals surface area contributed by atoms with Gasteiger partial charge in [-0.1, -0.05) is 18.3 Å². The first-order chi connectivity index (χ1) is 7.35. The molecule has 1 unspecified atom stereocenters. The molecule has 0 aromatic carbocycles. The topological polar surface area (TPSA) is 50.7 Å². The number of nitrogens with one attached hydrogen (secondary N) is 1. The van der Waals surface area contributed by atoms with Gasteiger partial charge in [-0.25, -0.2) is 0 Å². The molecule has 1 atom stereocenters. The summed E-state index contributed by atoms with van der Waals surface area (Å²) in [6, 6.07) is 0.309. The van der Waals surface area contributed by atoms with E-state index in [1.54, 1.807) is 22.7 Å². The zero-order valence-electron chi connectivity index (χ0n) is 8.60. The molecule has 2 aromatic heterocycles. The van der Waals surface area contributed by atoms with Crippen molar-refractivity contribution in [2.45, 2.75) is 19.4 Å². The van der Waals surface area contributed by atoms with E-state index in [-0.39, 0.29) is 0 Å². The summed E-state index contributed by atoms with van der Waals surface area (Å²) in [4.78, 5) is 5.12. The van der Waals surface area contributed by atoms with Gasteiger partial charge in [-0.3, -0.25) is 4.98 Å². The van der Waals surface area contributed by atoms with Crippen LogP contribution in [-0.2, 0) is 0 Å². The fraction of sp³-hybridized carbons (Fsp3) is 0.444. The highest BCUT2D eigenvalue weighted by Crippen LogP contribution is 2.29. The summed E-state index contributed by atoms with van der Waals surface area (Å²) in [6.45, 7) is 2.13. The van der Waals surface area contributed by atoms with Crippen LogP contribution in [-0.4, -0.2) is 22.2 Å². The quantitative estimate of drug-likeness (QED) is 0.891. The molecule has 2 rings (SSSR count). The highest BCUT2D eigenvalue weighted by molar-refractivity contribution is 7.20. The molecule has 0 radical (unpaired) electrons. The molecule has 15 heavy (non-hydrogen) atoms. The van der Waals surface area contributed by atoms with Gasteiger partial charge in [-0.05, 0) is 13.5 Å². The Labute approximate surface area is 96.4 Å². The van der Waals surface area contributed by atoms with Crippen molar-refractivity contribution in [2.24, 2.45) is 0 Å². The molecule has 0 aliphatic heterocycles. The van der Waals surface area contributed by atoms with Crippen LogP contribution in [0.1, 0.15) is 24.4 Å². The minimum absolute atomic E-state index is 0.309. The van der Waals surface area contributed by atoms with Crippen molar-refractivity contribution in [3.8, 4) is 9.88 Å². The molecule has 0 saturated carbocycles. The highest BCUT2D eigenvalue weighted by atomic mass is 32.1. The molecule has 0 amide bonds. The lowest BCUT2D eigenvalue weighted by molar-refractivity contribution is 0.568. The minimum Gasteiger partial charge on any atom is -0.311 e. The molecule has 6 heteroatoms. The third-order valence-electron chi connectivity index (χ3n) is 2.14. The third kappa shape index (κ3) is 2.22. The Hall–Kier alpha value is -0.850. The summed E-state index contributed by atoms with van der Waals surface area (Å²) < 4.78 is 0. The highest BCUT2D eigenvalue weighted by Gasteiger charge is 2.14. The van der Waals surface area contributed by atoms with Crippen LogP contribution in [0.15, 0.2) is 11.7 Å². The Morgan fingerprint density at radius 3 is 2.93 bits per heavy atom. The number of hydrogen-bond donors (Lipinski definition) is 1. The summed E-state index contributed by atoms with van der Waals surface area (Å²) in [5.74, 6) is 0. The fourth-order valence-corrected chi connectivity index (χ4v) is 3.01.